The number of carbonyl (C=O) groups excluding carboxylic acids is 2. The number of thioether (sulfide) groups is 1. The van der Waals surface area contributed by atoms with E-state index in [0.717, 1.165) is 23.3 Å². The van der Waals surface area contributed by atoms with Gasteiger partial charge >= 0.3 is 0 Å². The third kappa shape index (κ3) is 13.1. The Hall–Kier alpha value is -1.69. The normalized spacial score (nSPS) is 12.9. The Morgan fingerprint density at radius 2 is 1.30 bits per heavy atom. The number of phenolic OH excluding ortho intramolecular Hbond substituents is 1. The van der Waals surface area contributed by atoms with Crippen LogP contribution in [0.5, 0.6) is 5.75 Å². The van der Waals surface area contributed by atoms with Crippen LogP contribution in [-0.4, -0.2) is 34.5 Å². The van der Waals surface area contributed by atoms with E-state index in [1.54, 1.807) is 11.8 Å². The zero-order valence-electron chi connectivity index (χ0n) is 24.9. The van der Waals surface area contributed by atoms with Gasteiger partial charge in [0.05, 0.1) is 11.8 Å². The van der Waals surface area contributed by atoms with Crippen LogP contribution in [0.1, 0.15) is 131 Å². The molecule has 1 aromatic carbocycles. The highest BCUT2D eigenvalue weighted by Crippen LogP contribution is 2.41. The molecule has 5 nitrogen and oxygen atoms in total. The molecule has 0 saturated carbocycles. The second-order valence-corrected chi connectivity index (χ2v) is 13.8. The topological polar surface area (TPSA) is 78.4 Å². The number of hydrogen-bond donors (Lipinski definition) is 3. The minimum Gasteiger partial charge on any atom is -0.507 e. The fourth-order valence-corrected chi connectivity index (χ4v) is 5.25. The molecule has 0 heterocycles. The number of benzene rings is 1. The molecule has 2 amide bonds. The van der Waals surface area contributed by atoms with E-state index in [-0.39, 0.29) is 40.2 Å². The second kappa shape index (κ2) is 16.3. The first-order chi connectivity index (χ1) is 17.3. The van der Waals surface area contributed by atoms with Crippen LogP contribution in [0, 0.1) is 0 Å². The van der Waals surface area contributed by atoms with Gasteiger partial charge in [0.1, 0.15) is 5.75 Å². The van der Waals surface area contributed by atoms with Crippen molar-refractivity contribution in [1.82, 2.24) is 5.32 Å². The largest absolute Gasteiger partial charge is 0.507 e. The Morgan fingerprint density at radius 3 is 1.76 bits per heavy atom. The van der Waals surface area contributed by atoms with Crippen molar-refractivity contribution in [3.05, 3.63) is 23.3 Å². The molecule has 0 spiro atoms. The highest BCUT2D eigenvalue weighted by atomic mass is 32.2. The Morgan fingerprint density at radius 1 is 0.838 bits per heavy atom. The predicted octanol–water partition coefficient (Wildman–Crippen LogP) is 8.08. The summed E-state index contributed by atoms with van der Waals surface area (Å²) in [5, 5.41) is 16.4. The van der Waals surface area contributed by atoms with Gasteiger partial charge in [-0.1, -0.05) is 106 Å². The molecule has 0 aliphatic rings. The van der Waals surface area contributed by atoms with Crippen molar-refractivity contribution in [2.75, 3.05) is 17.6 Å². The number of rotatable bonds is 16. The van der Waals surface area contributed by atoms with E-state index in [1.807, 2.05) is 60.6 Å². The minimum atomic E-state index is -0.278. The molecule has 0 saturated heterocycles. The van der Waals surface area contributed by atoms with E-state index in [1.165, 1.54) is 57.8 Å². The van der Waals surface area contributed by atoms with Crippen molar-refractivity contribution in [2.24, 2.45) is 0 Å². The van der Waals surface area contributed by atoms with Crippen LogP contribution >= 0.6 is 11.8 Å². The zero-order valence-corrected chi connectivity index (χ0v) is 25.7. The van der Waals surface area contributed by atoms with E-state index in [2.05, 4.69) is 17.6 Å². The highest BCUT2D eigenvalue weighted by Gasteiger charge is 2.27. The molecule has 0 fully saturated rings. The maximum Gasteiger partial charge on any atom is 0.243 e. The van der Waals surface area contributed by atoms with Gasteiger partial charge in [-0.3, -0.25) is 9.59 Å². The van der Waals surface area contributed by atoms with Crippen LogP contribution in [0.15, 0.2) is 12.1 Å². The third-order valence-electron chi connectivity index (χ3n) is 6.67. The van der Waals surface area contributed by atoms with Gasteiger partial charge in [0.15, 0.2) is 0 Å². The maximum atomic E-state index is 12.6. The van der Waals surface area contributed by atoms with Crippen molar-refractivity contribution < 1.29 is 14.7 Å². The quantitative estimate of drug-likeness (QED) is 0.148. The first-order valence-electron chi connectivity index (χ1n) is 14.3. The zero-order chi connectivity index (χ0) is 28.1. The van der Waals surface area contributed by atoms with Crippen molar-refractivity contribution in [3.8, 4) is 5.75 Å². The van der Waals surface area contributed by atoms with Gasteiger partial charge in [0.25, 0.3) is 0 Å². The number of phenols is 1. The second-order valence-electron chi connectivity index (χ2n) is 12.4. The van der Waals surface area contributed by atoms with Crippen LogP contribution in [0.3, 0.4) is 0 Å². The summed E-state index contributed by atoms with van der Waals surface area (Å²) in [4.78, 5) is 25.1. The third-order valence-corrected chi connectivity index (χ3v) is 7.91. The van der Waals surface area contributed by atoms with Crippen LogP contribution in [0.2, 0.25) is 0 Å². The lowest BCUT2D eigenvalue weighted by Gasteiger charge is -2.28. The smallest absolute Gasteiger partial charge is 0.243 e. The van der Waals surface area contributed by atoms with E-state index >= 15 is 0 Å². The number of carbonyl (C=O) groups is 2. The Kier molecular flexibility index (Phi) is 14.7. The van der Waals surface area contributed by atoms with Gasteiger partial charge in [0.2, 0.25) is 11.8 Å². The van der Waals surface area contributed by atoms with Crippen LogP contribution in [0.4, 0.5) is 5.69 Å². The van der Waals surface area contributed by atoms with Crippen molar-refractivity contribution in [3.63, 3.8) is 0 Å². The molecule has 0 aromatic heterocycles. The summed E-state index contributed by atoms with van der Waals surface area (Å²) in [5.74, 6) is 0.865. The first-order valence-corrected chi connectivity index (χ1v) is 15.4. The summed E-state index contributed by atoms with van der Waals surface area (Å²) in [7, 11) is 0. The van der Waals surface area contributed by atoms with Gasteiger partial charge in [-0.25, -0.2) is 0 Å². The molecule has 1 atom stereocenters. The molecule has 1 rings (SSSR count). The van der Waals surface area contributed by atoms with Gasteiger partial charge in [0, 0.05) is 16.8 Å². The standard InChI is InChI=1S/C31H54N2O3S/c1-9-10-11-12-13-14-15-16-17-18-19-37-23(2)29(36)32-22-27(34)33-24-20-25(30(3,4)5)28(35)26(21-24)31(6,7)8/h20-21,23,35H,9-19,22H2,1-8H3,(H,32,36)(H,33,34). The summed E-state index contributed by atoms with van der Waals surface area (Å²) in [5.41, 5.74) is 1.66. The van der Waals surface area contributed by atoms with Crippen LogP contribution < -0.4 is 10.6 Å². The molecular weight excluding hydrogens is 480 g/mol. The van der Waals surface area contributed by atoms with E-state index in [4.69, 9.17) is 0 Å². The number of aromatic hydroxyl groups is 1. The average Bonchev–Trinajstić information content (AvgIpc) is 2.80. The predicted molar refractivity (Wildman–Crippen MR) is 161 cm³/mol. The lowest BCUT2D eigenvalue weighted by Crippen LogP contribution is -2.37. The van der Waals surface area contributed by atoms with Crippen LogP contribution in [0.25, 0.3) is 0 Å². The molecule has 212 valence electrons. The molecule has 6 heteroatoms. The average molecular weight is 535 g/mol. The number of nitrogens with one attached hydrogen (secondary N) is 2. The van der Waals surface area contributed by atoms with Gasteiger partial charge in [-0.2, -0.15) is 0 Å². The van der Waals surface area contributed by atoms with Gasteiger partial charge in [-0.05, 0) is 42.1 Å². The lowest BCUT2D eigenvalue weighted by atomic mass is 9.79. The Labute approximate surface area is 231 Å². The number of amides is 2. The molecule has 1 aromatic rings. The first kappa shape index (κ1) is 33.3. The number of unbranched alkanes of at least 4 members (excludes halogenated alkanes) is 9. The molecule has 0 bridgehead atoms. The van der Waals surface area contributed by atoms with Crippen molar-refractivity contribution >= 4 is 29.3 Å². The summed E-state index contributed by atoms with van der Waals surface area (Å²) < 4.78 is 0. The molecule has 0 aliphatic carbocycles. The van der Waals surface area contributed by atoms with E-state index in [9.17, 15) is 14.7 Å². The van der Waals surface area contributed by atoms with Gasteiger partial charge in [-0.15, -0.1) is 11.8 Å². The summed E-state index contributed by atoms with van der Waals surface area (Å²) in [6.45, 7) is 16.3. The molecule has 37 heavy (non-hydrogen) atoms. The van der Waals surface area contributed by atoms with E-state index in [0.29, 0.717) is 5.69 Å². The maximum absolute atomic E-state index is 12.6. The monoisotopic (exact) mass is 534 g/mol. The van der Waals surface area contributed by atoms with Crippen LogP contribution in [-0.2, 0) is 20.4 Å². The fraction of sp³-hybridized carbons (Fsp3) is 0.742. The van der Waals surface area contributed by atoms with Crippen molar-refractivity contribution in [1.29, 1.82) is 0 Å². The number of anilines is 1. The number of hydrogen-bond acceptors (Lipinski definition) is 4. The molecule has 3 N–H and O–H groups in total. The van der Waals surface area contributed by atoms with Crippen molar-refractivity contribution in [2.45, 2.75) is 136 Å². The van der Waals surface area contributed by atoms with Gasteiger partial charge < -0.3 is 15.7 Å². The summed E-state index contributed by atoms with van der Waals surface area (Å²) in [6, 6.07) is 3.66. The summed E-state index contributed by atoms with van der Waals surface area (Å²) in [6.07, 6.45) is 13.1. The highest BCUT2D eigenvalue weighted by molar-refractivity contribution is 8.00. The fourth-order valence-electron chi connectivity index (χ4n) is 4.29. The lowest BCUT2D eigenvalue weighted by molar-refractivity contribution is -0.123. The molecule has 0 radical (unpaired) electrons. The molecule has 0 aliphatic heterocycles. The Balaban J connectivity index is 2.42. The SMILES string of the molecule is CCCCCCCCCCCCSC(C)C(=O)NCC(=O)Nc1cc(C(C)(C)C)c(O)c(C(C)(C)C)c1. The van der Waals surface area contributed by atoms with E-state index < -0.39 is 0 Å². The molecule has 1 unspecified atom stereocenters. The minimum absolute atomic E-state index is 0.0709. The summed E-state index contributed by atoms with van der Waals surface area (Å²) >= 11 is 1.66. The Bertz CT molecular complexity index is 805. The molecular formula is C31H54N2O3S.